The van der Waals surface area contributed by atoms with Crippen molar-refractivity contribution in [1.29, 1.82) is 0 Å². The molecular formula is C15H23N3O2. The number of carbonyl (C=O) groups excluding carboxylic acids is 1. The number of hydroxylamine groups is 1. The van der Waals surface area contributed by atoms with E-state index in [1.165, 1.54) is 32.4 Å². The molecule has 0 aromatic carbocycles. The van der Waals surface area contributed by atoms with Gasteiger partial charge >= 0.3 is 0 Å². The largest absolute Gasteiger partial charge is 0.303 e. The van der Waals surface area contributed by atoms with Crippen LogP contribution in [-0.2, 0) is 4.84 Å². The molecule has 0 atom stereocenters. The van der Waals surface area contributed by atoms with Crippen LogP contribution >= 0.6 is 0 Å². The second kappa shape index (κ2) is 7.97. The molecule has 1 fully saturated rings. The van der Waals surface area contributed by atoms with E-state index < -0.39 is 0 Å². The molecule has 1 aliphatic rings. The van der Waals surface area contributed by atoms with Gasteiger partial charge in [-0.2, -0.15) is 0 Å². The lowest BCUT2D eigenvalue weighted by Gasteiger charge is -2.26. The van der Waals surface area contributed by atoms with Gasteiger partial charge in [0.15, 0.2) is 0 Å². The molecule has 0 unspecified atom stereocenters. The molecule has 1 N–H and O–H groups in total. The van der Waals surface area contributed by atoms with Gasteiger partial charge < -0.3 is 4.90 Å². The van der Waals surface area contributed by atoms with Gasteiger partial charge in [-0.3, -0.25) is 14.6 Å². The van der Waals surface area contributed by atoms with Crippen LogP contribution in [0.1, 0.15) is 41.7 Å². The first-order chi connectivity index (χ1) is 9.77. The Labute approximate surface area is 120 Å². The third-order valence-corrected chi connectivity index (χ3v) is 3.59. The van der Waals surface area contributed by atoms with Gasteiger partial charge in [-0.1, -0.05) is 6.42 Å². The van der Waals surface area contributed by atoms with Gasteiger partial charge in [-0.05, 0) is 51.4 Å². The Morgan fingerprint density at radius 1 is 1.40 bits per heavy atom. The zero-order chi connectivity index (χ0) is 14.2. The highest BCUT2D eigenvalue weighted by molar-refractivity contribution is 5.94. The molecule has 20 heavy (non-hydrogen) atoms. The fraction of sp³-hybridized carbons (Fsp3) is 0.600. The summed E-state index contributed by atoms with van der Waals surface area (Å²) in [7, 11) is 0. The zero-order valence-corrected chi connectivity index (χ0v) is 12.1. The molecule has 2 heterocycles. The van der Waals surface area contributed by atoms with E-state index in [9.17, 15) is 4.79 Å². The quantitative estimate of drug-likeness (QED) is 0.637. The van der Waals surface area contributed by atoms with Gasteiger partial charge in [0.05, 0.1) is 17.9 Å². The van der Waals surface area contributed by atoms with Crippen LogP contribution in [-0.4, -0.2) is 42.0 Å². The fourth-order valence-corrected chi connectivity index (χ4v) is 2.44. The van der Waals surface area contributed by atoms with Crippen molar-refractivity contribution in [1.82, 2.24) is 15.4 Å². The van der Waals surface area contributed by atoms with Crippen LogP contribution in [0.4, 0.5) is 0 Å². The number of pyridine rings is 1. The van der Waals surface area contributed by atoms with Crippen molar-refractivity contribution >= 4 is 5.91 Å². The van der Waals surface area contributed by atoms with Crippen LogP contribution in [0.5, 0.6) is 0 Å². The summed E-state index contributed by atoms with van der Waals surface area (Å²) in [6, 6.07) is 3.49. The Morgan fingerprint density at radius 2 is 2.20 bits per heavy atom. The van der Waals surface area contributed by atoms with Gasteiger partial charge in [0.1, 0.15) is 0 Å². The first-order valence-corrected chi connectivity index (χ1v) is 7.33. The standard InChI is InChI=1S/C15H23N3O2/c1-13-14(7-5-8-16-13)15(19)17-20-12-6-11-18-9-3-2-4-10-18/h5,7-8H,2-4,6,9-12H2,1H3,(H,17,19). The fourth-order valence-electron chi connectivity index (χ4n) is 2.44. The SMILES string of the molecule is Cc1ncccc1C(=O)NOCCCN1CCCCC1. The van der Waals surface area contributed by atoms with Gasteiger partial charge in [0.25, 0.3) is 5.91 Å². The molecule has 1 aromatic rings. The van der Waals surface area contributed by atoms with Crippen molar-refractivity contribution in [2.24, 2.45) is 0 Å². The normalized spacial score (nSPS) is 16.1. The lowest BCUT2D eigenvalue weighted by Crippen LogP contribution is -2.32. The number of rotatable bonds is 6. The number of piperidine rings is 1. The minimum Gasteiger partial charge on any atom is -0.303 e. The predicted molar refractivity (Wildman–Crippen MR) is 77.3 cm³/mol. The van der Waals surface area contributed by atoms with Crippen LogP contribution in [0.2, 0.25) is 0 Å². The van der Waals surface area contributed by atoms with Crippen molar-refractivity contribution < 1.29 is 9.63 Å². The molecule has 1 amide bonds. The Bertz CT molecular complexity index is 431. The molecular weight excluding hydrogens is 254 g/mol. The van der Waals surface area contributed by atoms with E-state index in [2.05, 4.69) is 15.4 Å². The van der Waals surface area contributed by atoms with E-state index in [1.807, 2.05) is 6.92 Å². The van der Waals surface area contributed by atoms with Crippen molar-refractivity contribution in [3.05, 3.63) is 29.6 Å². The highest BCUT2D eigenvalue weighted by Crippen LogP contribution is 2.08. The number of aromatic nitrogens is 1. The second-order valence-corrected chi connectivity index (χ2v) is 5.17. The molecule has 5 nitrogen and oxygen atoms in total. The summed E-state index contributed by atoms with van der Waals surface area (Å²) in [4.78, 5) is 23.6. The lowest BCUT2D eigenvalue weighted by atomic mass is 10.1. The van der Waals surface area contributed by atoms with E-state index in [1.54, 1.807) is 18.3 Å². The Balaban J connectivity index is 1.61. The number of aryl methyl sites for hydroxylation is 1. The molecule has 5 heteroatoms. The van der Waals surface area contributed by atoms with Crippen LogP contribution in [0.15, 0.2) is 18.3 Å². The van der Waals surface area contributed by atoms with E-state index >= 15 is 0 Å². The summed E-state index contributed by atoms with van der Waals surface area (Å²) in [6.45, 7) is 5.79. The van der Waals surface area contributed by atoms with Crippen LogP contribution in [0.25, 0.3) is 0 Å². The number of hydrogen-bond donors (Lipinski definition) is 1. The maximum Gasteiger partial charge on any atom is 0.276 e. The number of carbonyl (C=O) groups is 1. The number of amides is 1. The maximum atomic E-state index is 11.8. The summed E-state index contributed by atoms with van der Waals surface area (Å²) in [5, 5.41) is 0. The third kappa shape index (κ3) is 4.58. The van der Waals surface area contributed by atoms with E-state index in [-0.39, 0.29) is 5.91 Å². The third-order valence-electron chi connectivity index (χ3n) is 3.59. The molecule has 2 rings (SSSR count). The van der Waals surface area contributed by atoms with Crippen molar-refractivity contribution in [3.63, 3.8) is 0 Å². The summed E-state index contributed by atoms with van der Waals surface area (Å²) in [5.41, 5.74) is 3.75. The molecule has 1 aliphatic heterocycles. The molecule has 0 saturated carbocycles. The first-order valence-electron chi connectivity index (χ1n) is 7.33. The van der Waals surface area contributed by atoms with E-state index in [4.69, 9.17) is 4.84 Å². The average molecular weight is 277 g/mol. The van der Waals surface area contributed by atoms with Gasteiger partial charge in [0.2, 0.25) is 0 Å². The van der Waals surface area contributed by atoms with E-state index in [0.29, 0.717) is 17.9 Å². The maximum absolute atomic E-state index is 11.8. The van der Waals surface area contributed by atoms with Gasteiger partial charge in [-0.15, -0.1) is 0 Å². The van der Waals surface area contributed by atoms with Crippen molar-refractivity contribution in [3.8, 4) is 0 Å². The highest BCUT2D eigenvalue weighted by Gasteiger charge is 2.10. The minimum atomic E-state index is -0.228. The van der Waals surface area contributed by atoms with Crippen molar-refractivity contribution in [2.45, 2.75) is 32.6 Å². The van der Waals surface area contributed by atoms with E-state index in [0.717, 1.165) is 13.0 Å². The van der Waals surface area contributed by atoms with Crippen LogP contribution < -0.4 is 5.48 Å². The van der Waals surface area contributed by atoms with Gasteiger partial charge in [0, 0.05) is 12.7 Å². The Hall–Kier alpha value is -1.46. The average Bonchev–Trinajstić information content (AvgIpc) is 2.48. The topological polar surface area (TPSA) is 54.5 Å². The molecule has 0 aliphatic carbocycles. The lowest BCUT2D eigenvalue weighted by molar-refractivity contribution is 0.0272. The molecule has 1 saturated heterocycles. The summed E-state index contributed by atoms with van der Waals surface area (Å²) < 4.78 is 0. The Morgan fingerprint density at radius 3 is 2.95 bits per heavy atom. The smallest absolute Gasteiger partial charge is 0.276 e. The first kappa shape index (κ1) is 14.9. The molecule has 0 spiro atoms. The summed E-state index contributed by atoms with van der Waals surface area (Å²) in [5.74, 6) is -0.228. The molecule has 1 aromatic heterocycles. The van der Waals surface area contributed by atoms with Crippen LogP contribution in [0, 0.1) is 6.92 Å². The number of likely N-dealkylation sites (tertiary alicyclic amines) is 1. The number of nitrogens with one attached hydrogen (secondary N) is 1. The minimum absolute atomic E-state index is 0.228. The summed E-state index contributed by atoms with van der Waals surface area (Å²) in [6.07, 6.45) is 6.57. The molecule has 0 radical (unpaired) electrons. The van der Waals surface area contributed by atoms with Gasteiger partial charge in [-0.25, -0.2) is 5.48 Å². The predicted octanol–water partition coefficient (Wildman–Crippen LogP) is 1.93. The monoisotopic (exact) mass is 277 g/mol. The number of hydrogen-bond acceptors (Lipinski definition) is 4. The van der Waals surface area contributed by atoms with Crippen LogP contribution in [0.3, 0.4) is 0 Å². The Kier molecular flexibility index (Phi) is 5.95. The number of nitrogens with zero attached hydrogens (tertiary/aromatic N) is 2. The highest BCUT2D eigenvalue weighted by atomic mass is 16.6. The molecule has 110 valence electrons. The molecule has 0 bridgehead atoms. The summed E-state index contributed by atoms with van der Waals surface area (Å²) >= 11 is 0. The zero-order valence-electron chi connectivity index (χ0n) is 12.1. The second-order valence-electron chi connectivity index (χ2n) is 5.17. The van der Waals surface area contributed by atoms with Crippen molar-refractivity contribution in [2.75, 3.05) is 26.2 Å².